The number of nitrogens with one attached hydrogen (secondary N) is 1. The molecule has 0 aliphatic heterocycles. The van der Waals surface area contributed by atoms with Crippen LogP contribution in [0.2, 0.25) is 0 Å². The van der Waals surface area contributed by atoms with Gasteiger partial charge in [-0.1, -0.05) is 26.0 Å². The molecule has 2 aromatic rings. The molecular formula is C22H28N2O4. The quantitative estimate of drug-likeness (QED) is 0.740. The molecule has 150 valence electrons. The largest absolute Gasteiger partial charge is 0.497 e. The SMILES string of the molecule is COc1ccc(OC)c(NC(=O)CCN(C(C)=O)c2ccc(C(C)C)cc2)c1. The number of benzene rings is 2. The van der Waals surface area contributed by atoms with Crippen LogP contribution in [0.25, 0.3) is 0 Å². The number of hydrogen-bond donors (Lipinski definition) is 1. The molecule has 0 unspecified atom stereocenters. The summed E-state index contributed by atoms with van der Waals surface area (Å²) in [5, 5.41) is 2.82. The third-order valence-electron chi connectivity index (χ3n) is 4.49. The van der Waals surface area contributed by atoms with Gasteiger partial charge in [0.15, 0.2) is 0 Å². The molecule has 2 aromatic carbocycles. The van der Waals surface area contributed by atoms with Crippen LogP contribution in [-0.2, 0) is 9.59 Å². The molecule has 6 heteroatoms. The summed E-state index contributed by atoms with van der Waals surface area (Å²) in [6.45, 7) is 6.03. The van der Waals surface area contributed by atoms with Gasteiger partial charge in [-0.15, -0.1) is 0 Å². The van der Waals surface area contributed by atoms with Gasteiger partial charge < -0.3 is 19.7 Å². The molecule has 6 nitrogen and oxygen atoms in total. The van der Waals surface area contributed by atoms with Crippen molar-refractivity contribution in [3.63, 3.8) is 0 Å². The average molecular weight is 384 g/mol. The maximum atomic E-state index is 12.4. The highest BCUT2D eigenvalue weighted by molar-refractivity contribution is 5.95. The number of carbonyl (C=O) groups is 2. The minimum Gasteiger partial charge on any atom is -0.497 e. The van der Waals surface area contributed by atoms with Crippen molar-refractivity contribution in [3.05, 3.63) is 48.0 Å². The van der Waals surface area contributed by atoms with E-state index < -0.39 is 0 Å². The Morgan fingerprint density at radius 3 is 2.25 bits per heavy atom. The normalized spacial score (nSPS) is 10.5. The van der Waals surface area contributed by atoms with Gasteiger partial charge in [0.05, 0.1) is 19.9 Å². The summed E-state index contributed by atoms with van der Waals surface area (Å²) >= 11 is 0. The predicted molar refractivity (Wildman–Crippen MR) is 111 cm³/mol. The van der Waals surface area contributed by atoms with E-state index in [0.717, 1.165) is 5.69 Å². The molecule has 0 radical (unpaired) electrons. The van der Waals surface area contributed by atoms with Gasteiger partial charge in [0.1, 0.15) is 11.5 Å². The van der Waals surface area contributed by atoms with Gasteiger partial charge in [-0.2, -0.15) is 0 Å². The van der Waals surface area contributed by atoms with Gasteiger partial charge in [0.2, 0.25) is 11.8 Å². The van der Waals surface area contributed by atoms with E-state index in [-0.39, 0.29) is 24.8 Å². The van der Waals surface area contributed by atoms with Crippen LogP contribution >= 0.6 is 0 Å². The average Bonchev–Trinajstić information content (AvgIpc) is 2.68. The molecule has 0 aliphatic rings. The molecule has 1 N–H and O–H groups in total. The van der Waals surface area contributed by atoms with Gasteiger partial charge >= 0.3 is 0 Å². The first-order valence-electron chi connectivity index (χ1n) is 9.25. The fraction of sp³-hybridized carbons (Fsp3) is 0.364. The van der Waals surface area contributed by atoms with E-state index in [2.05, 4.69) is 19.2 Å². The van der Waals surface area contributed by atoms with Gasteiger partial charge in [0.25, 0.3) is 0 Å². The molecule has 0 atom stereocenters. The predicted octanol–water partition coefficient (Wildman–Crippen LogP) is 4.21. The summed E-state index contributed by atoms with van der Waals surface area (Å²) in [5.41, 5.74) is 2.52. The zero-order chi connectivity index (χ0) is 20.7. The zero-order valence-corrected chi connectivity index (χ0v) is 17.1. The van der Waals surface area contributed by atoms with Crippen LogP contribution in [-0.4, -0.2) is 32.6 Å². The van der Waals surface area contributed by atoms with Crippen molar-refractivity contribution in [1.29, 1.82) is 0 Å². The summed E-state index contributed by atoms with van der Waals surface area (Å²) < 4.78 is 10.5. The highest BCUT2D eigenvalue weighted by Gasteiger charge is 2.15. The lowest BCUT2D eigenvalue weighted by molar-refractivity contribution is -0.117. The number of amides is 2. The van der Waals surface area contributed by atoms with E-state index in [1.807, 2.05) is 24.3 Å². The monoisotopic (exact) mass is 384 g/mol. The number of methoxy groups -OCH3 is 2. The second kappa shape index (κ2) is 9.78. The first-order chi connectivity index (χ1) is 13.3. The summed E-state index contributed by atoms with van der Waals surface area (Å²) in [6, 6.07) is 13.0. The number of rotatable bonds is 8. The molecule has 0 heterocycles. The minimum absolute atomic E-state index is 0.107. The summed E-state index contributed by atoms with van der Waals surface area (Å²) in [4.78, 5) is 26.1. The van der Waals surface area contributed by atoms with Crippen molar-refractivity contribution < 1.29 is 19.1 Å². The first kappa shape index (κ1) is 21.3. The van der Waals surface area contributed by atoms with E-state index in [1.54, 1.807) is 30.2 Å². The van der Waals surface area contributed by atoms with E-state index in [9.17, 15) is 9.59 Å². The fourth-order valence-electron chi connectivity index (χ4n) is 2.85. The smallest absolute Gasteiger partial charge is 0.226 e. The van der Waals surface area contributed by atoms with Crippen molar-refractivity contribution in [2.24, 2.45) is 0 Å². The molecule has 2 rings (SSSR count). The van der Waals surface area contributed by atoms with E-state index in [1.165, 1.54) is 19.6 Å². The lowest BCUT2D eigenvalue weighted by atomic mass is 10.0. The Morgan fingerprint density at radius 2 is 1.71 bits per heavy atom. The molecule has 28 heavy (non-hydrogen) atoms. The minimum atomic E-state index is -0.211. The molecule has 0 aliphatic carbocycles. The van der Waals surface area contributed by atoms with Crippen molar-refractivity contribution in [1.82, 2.24) is 0 Å². The highest BCUT2D eigenvalue weighted by atomic mass is 16.5. The van der Waals surface area contributed by atoms with Crippen molar-refractivity contribution in [3.8, 4) is 11.5 Å². The molecule has 0 saturated heterocycles. The van der Waals surface area contributed by atoms with Crippen LogP contribution in [0.1, 0.15) is 38.7 Å². The third-order valence-corrected chi connectivity index (χ3v) is 4.49. The van der Waals surface area contributed by atoms with Crippen LogP contribution in [0.15, 0.2) is 42.5 Å². The van der Waals surface area contributed by atoms with Crippen molar-refractivity contribution in [2.75, 3.05) is 31.0 Å². The second-order valence-electron chi connectivity index (χ2n) is 6.78. The van der Waals surface area contributed by atoms with E-state index in [4.69, 9.17) is 9.47 Å². The Balaban J connectivity index is 2.05. The lowest BCUT2D eigenvalue weighted by Gasteiger charge is -2.22. The summed E-state index contributed by atoms with van der Waals surface area (Å²) in [5.74, 6) is 1.26. The number of hydrogen-bond acceptors (Lipinski definition) is 4. The Bertz CT molecular complexity index is 816. The summed E-state index contributed by atoms with van der Waals surface area (Å²) in [7, 11) is 3.10. The van der Waals surface area contributed by atoms with Crippen LogP contribution in [0.5, 0.6) is 11.5 Å². The van der Waals surface area contributed by atoms with Crippen LogP contribution in [0, 0.1) is 0 Å². The summed E-state index contributed by atoms with van der Waals surface area (Å²) in [6.07, 6.45) is 0.159. The molecule has 0 bridgehead atoms. The highest BCUT2D eigenvalue weighted by Crippen LogP contribution is 2.29. The van der Waals surface area contributed by atoms with Gasteiger partial charge in [0, 0.05) is 31.6 Å². The third kappa shape index (κ3) is 5.49. The second-order valence-corrected chi connectivity index (χ2v) is 6.78. The van der Waals surface area contributed by atoms with Crippen LogP contribution in [0.4, 0.5) is 11.4 Å². The fourth-order valence-corrected chi connectivity index (χ4v) is 2.85. The van der Waals surface area contributed by atoms with Crippen molar-refractivity contribution >= 4 is 23.2 Å². The Kier molecular flexibility index (Phi) is 7.44. The van der Waals surface area contributed by atoms with E-state index >= 15 is 0 Å². The topological polar surface area (TPSA) is 67.9 Å². The number of ether oxygens (including phenoxy) is 2. The first-order valence-corrected chi connectivity index (χ1v) is 9.25. The molecule has 0 spiro atoms. The zero-order valence-electron chi connectivity index (χ0n) is 17.1. The molecular weight excluding hydrogens is 356 g/mol. The molecule has 0 aromatic heterocycles. The van der Waals surface area contributed by atoms with Gasteiger partial charge in [-0.05, 0) is 35.7 Å². The van der Waals surface area contributed by atoms with Gasteiger partial charge in [-0.25, -0.2) is 0 Å². The Labute approximate surface area is 166 Å². The standard InChI is InChI=1S/C22H28N2O4/c1-15(2)17-6-8-18(9-7-17)24(16(3)25)13-12-22(26)23-20-14-19(27-4)10-11-21(20)28-5/h6-11,14-15H,12-13H2,1-5H3,(H,23,26). The van der Waals surface area contributed by atoms with E-state index in [0.29, 0.717) is 23.1 Å². The lowest BCUT2D eigenvalue weighted by Crippen LogP contribution is -2.32. The van der Waals surface area contributed by atoms with Crippen LogP contribution < -0.4 is 19.7 Å². The van der Waals surface area contributed by atoms with Crippen molar-refractivity contribution in [2.45, 2.75) is 33.1 Å². The molecule has 0 fully saturated rings. The number of anilines is 2. The number of nitrogens with zero attached hydrogens (tertiary/aromatic N) is 1. The van der Waals surface area contributed by atoms with Gasteiger partial charge in [-0.3, -0.25) is 9.59 Å². The molecule has 0 saturated carbocycles. The Hall–Kier alpha value is -3.02. The number of carbonyl (C=O) groups excluding carboxylic acids is 2. The van der Waals surface area contributed by atoms with Crippen LogP contribution in [0.3, 0.4) is 0 Å². The molecule has 2 amide bonds. The Morgan fingerprint density at radius 1 is 1.04 bits per heavy atom. The maximum Gasteiger partial charge on any atom is 0.226 e. The maximum absolute atomic E-state index is 12.4.